The van der Waals surface area contributed by atoms with E-state index in [4.69, 9.17) is 37.9 Å². The Bertz CT molecular complexity index is 2750. The molecule has 0 spiro atoms. The summed E-state index contributed by atoms with van der Waals surface area (Å²) < 4.78 is 45.6. The zero-order valence-electron chi connectivity index (χ0n) is 67.3. The van der Waals surface area contributed by atoms with Gasteiger partial charge in [-0.05, 0) is 308 Å². The zero-order chi connectivity index (χ0) is 76.0. The maximum absolute atomic E-state index is 12.1. The van der Waals surface area contributed by atoms with E-state index in [-0.39, 0.29) is 63.5 Å². The molecule has 588 valence electrons. The third kappa shape index (κ3) is 25.7. The molecular formula is C90H144O14. The minimum absolute atomic E-state index is 0.00435. The Hall–Kier alpha value is -4.82. The Balaban J connectivity index is 0.000000175. The van der Waals surface area contributed by atoms with Gasteiger partial charge in [0.1, 0.15) is 22.4 Å². The quantitative estimate of drug-likeness (QED) is 0.0459. The van der Waals surface area contributed by atoms with Crippen molar-refractivity contribution in [3.05, 3.63) is 73.9 Å². The molecule has 0 amide bonds. The lowest BCUT2D eigenvalue weighted by Crippen LogP contribution is -2.53. The highest BCUT2D eigenvalue weighted by molar-refractivity contribution is 5.88. The van der Waals surface area contributed by atoms with E-state index in [1.54, 1.807) is 27.7 Å². The highest BCUT2D eigenvalue weighted by atomic mass is 16.7. The van der Waals surface area contributed by atoms with Crippen LogP contribution in [0.25, 0.3) is 0 Å². The van der Waals surface area contributed by atoms with Crippen LogP contribution >= 0.6 is 0 Å². The molecule has 14 rings (SSSR count). The topological polar surface area (TPSA) is 176 Å². The van der Waals surface area contributed by atoms with E-state index in [0.29, 0.717) is 51.9 Å². The van der Waals surface area contributed by atoms with Gasteiger partial charge in [0.05, 0.1) is 11.2 Å². The van der Waals surface area contributed by atoms with Crippen LogP contribution < -0.4 is 0 Å². The lowest BCUT2D eigenvalue weighted by molar-refractivity contribution is -0.244. The standard InChI is InChI=1S/C18H30O2.C17H28O2.C16H24O3.C15H22O3.C13H22O2.C11H18O2/c1-14(2)17(19)20-18(3,15-10-6-4-7-11-15)16-12-8-5-9-13-16;1-3-16(18)19-17(2,14-10-6-4-7-11-14)15-12-8-5-9-13-15;1-10(2)15(17)18-11(3)19-16-7-12-4-13(8-16)6-14(5-12)9-16;1-3-14(16)17-10(2)18-15-7-11-4-12(8-15)6-13(5-11)9-15;1-10(2)12(14)15-13(3,4)11-8-6-5-7-9-11;1-9(2)10(12)13-11(3)7-5-4-6-8-11/h15-16H,1,4-13H2,2-3H3;3,14-15H,1,4-13H2,2H3;11-14H,1,4-9H2,2-3H3;3,10-13H,1,4-9H2,2H3;11H,1,5-9H2,2-4H3;1,4-8H2,2-3H3. The van der Waals surface area contributed by atoms with E-state index in [1.165, 1.54) is 230 Å². The van der Waals surface area contributed by atoms with Crippen LogP contribution in [0, 0.1) is 65.1 Å². The van der Waals surface area contributed by atoms with E-state index in [2.05, 4.69) is 53.3 Å². The first kappa shape index (κ1) is 86.4. The van der Waals surface area contributed by atoms with Crippen molar-refractivity contribution in [2.24, 2.45) is 65.1 Å². The van der Waals surface area contributed by atoms with Crippen molar-refractivity contribution in [3.63, 3.8) is 0 Å². The second-order valence-electron chi connectivity index (χ2n) is 36.2. The average Bonchev–Trinajstić information content (AvgIpc) is 0.766. The predicted octanol–water partition coefficient (Wildman–Crippen LogP) is 22.4. The summed E-state index contributed by atoms with van der Waals surface area (Å²) in [6.07, 6.45) is 54.1. The monoisotopic (exact) mass is 1450 g/mol. The van der Waals surface area contributed by atoms with Crippen molar-refractivity contribution in [1.29, 1.82) is 0 Å². The first-order valence-corrected chi connectivity index (χ1v) is 41.8. The van der Waals surface area contributed by atoms with Crippen molar-refractivity contribution < 1.29 is 66.7 Å². The molecule has 2 atom stereocenters. The normalized spacial score (nSPS) is 28.7. The van der Waals surface area contributed by atoms with Crippen LogP contribution in [0.5, 0.6) is 0 Å². The molecule has 14 nitrogen and oxygen atoms in total. The SMILES string of the molecule is C=C(C)C(=O)OC(C)(C)C1CCCCC1.C=C(C)C(=O)OC(C)(C1CCCCC1)C1CCCCC1.C=C(C)C(=O)OC(C)OC12CC3CC(CC(C3)C1)C2.C=C(C)C(=O)OC1(C)CCCCC1.C=CC(=O)OC(C)(C1CCCCC1)C1CCCCC1.C=CC(=O)OC(C)OC12CC3CC(CC(C3)C1)C2. The summed E-state index contributed by atoms with van der Waals surface area (Å²) in [4.78, 5) is 69.4. The Morgan fingerprint density at radius 3 is 0.952 bits per heavy atom. The molecule has 14 aliphatic carbocycles. The molecule has 0 saturated heterocycles. The van der Waals surface area contributed by atoms with Gasteiger partial charge in [-0.15, -0.1) is 0 Å². The summed E-state index contributed by atoms with van der Waals surface area (Å²) in [6.45, 7) is 42.4. The molecule has 0 N–H and O–H groups in total. The van der Waals surface area contributed by atoms with Gasteiger partial charge in [-0.25, -0.2) is 28.8 Å². The number of hydrogen-bond acceptors (Lipinski definition) is 14. The van der Waals surface area contributed by atoms with E-state index >= 15 is 0 Å². The van der Waals surface area contributed by atoms with Gasteiger partial charge in [-0.1, -0.05) is 142 Å². The second kappa shape index (κ2) is 40.0. The number of hydrogen-bond donors (Lipinski definition) is 0. The lowest BCUT2D eigenvalue weighted by atomic mass is 9.54. The molecule has 0 aromatic heterocycles. The fraction of sp³-hybridized carbons (Fsp3) is 0.800. The number of esters is 6. The van der Waals surface area contributed by atoms with Gasteiger partial charge in [0, 0.05) is 34.4 Å². The summed E-state index contributed by atoms with van der Waals surface area (Å²) in [6, 6.07) is 0. The van der Waals surface area contributed by atoms with Crippen molar-refractivity contribution in [2.75, 3.05) is 0 Å². The average molecular weight is 1450 g/mol. The Morgan fingerprint density at radius 2 is 0.644 bits per heavy atom. The highest BCUT2D eigenvalue weighted by Crippen LogP contribution is 2.59. The summed E-state index contributed by atoms with van der Waals surface area (Å²) in [5, 5.41) is 0. The van der Waals surface area contributed by atoms with E-state index in [1.807, 2.05) is 34.6 Å². The summed E-state index contributed by atoms with van der Waals surface area (Å²) in [5.41, 5.74) is 0.835. The van der Waals surface area contributed by atoms with Crippen molar-refractivity contribution >= 4 is 35.8 Å². The van der Waals surface area contributed by atoms with E-state index in [9.17, 15) is 28.8 Å². The largest absolute Gasteiger partial charge is 0.456 e. The summed E-state index contributed by atoms with van der Waals surface area (Å²) in [5.74, 6) is 6.08. The van der Waals surface area contributed by atoms with E-state index < -0.39 is 18.5 Å². The minimum Gasteiger partial charge on any atom is -0.456 e. The van der Waals surface area contributed by atoms with Gasteiger partial charge in [-0.2, -0.15) is 0 Å². The molecule has 8 bridgehead atoms. The molecule has 14 fully saturated rings. The van der Waals surface area contributed by atoms with Crippen LogP contribution in [-0.4, -0.2) is 82.0 Å². The fourth-order valence-electron chi connectivity index (χ4n) is 21.7. The molecule has 0 heterocycles. The molecular weight excluding hydrogens is 1300 g/mol. The molecule has 0 radical (unpaired) electrons. The van der Waals surface area contributed by atoms with Gasteiger partial charge in [-0.3, -0.25) is 0 Å². The van der Waals surface area contributed by atoms with Crippen LogP contribution in [0.2, 0.25) is 0 Å². The number of carbonyl (C=O) groups excluding carboxylic acids is 6. The van der Waals surface area contributed by atoms with Gasteiger partial charge in [0.25, 0.3) is 0 Å². The van der Waals surface area contributed by atoms with Crippen molar-refractivity contribution in [1.82, 2.24) is 0 Å². The lowest BCUT2D eigenvalue weighted by Gasteiger charge is -2.56. The van der Waals surface area contributed by atoms with Crippen molar-refractivity contribution in [3.8, 4) is 0 Å². The molecule has 14 saturated carbocycles. The number of carbonyl (C=O) groups is 6. The third-order valence-corrected chi connectivity index (χ3v) is 26.6. The molecule has 0 aromatic rings. The smallest absolute Gasteiger partial charge is 0.335 e. The molecule has 104 heavy (non-hydrogen) atoms. The van der Waals surface area contributed by atoms with Crippen molar-refractivity contribution in [2.45, 2.75) is 392 Å². The third-order valence-electron chi connectivity index (χ3n) is 26.6. The number of ether oxygens (including phenoxy) is 8. The van der Waals surface area contributed by atoms with Gasteiger partial charge >= 0.3 is 35.8 Å². The van der Waals surface area contributed by atoms with Crippen LogP contribution in [0.4, 0.5) is 0 Å². The maximum atomic E-state index is 12.1. The summed E-state index contributed by atoms with van der Waals surface area (Å²) in [7, 11) is 0. The van der Waals surface area contributed by atoms with Gasteiger partial charge in [0.15, 0.2) is 0 Å². The number of rotatable bonds is 21. The first-order chi connectivity index (χ1) is 49.2. The van der Waals surface area contributed by atoms with E-state index in [0.717, 1.165) is 86.9 Å². The molecule has 2 unspecified atom stereocenters. The van der Waals surface area contributed by atoms with Gasteiger partial charge in [0.2, 0.25) is 12.6 Å². The Labute approximate surface area is 630 Å². The second-order valence-corrected chi connectivity index (χ2v) is 36.2. The van der Waals surface area contributed by atoms with Crippen LogP contribution in [-0.2, 0) is 66.7 Å². The van der Waals surface area contributed by atoms with Gasteiger partial charge < -0.3 is 37.9 Å². The fourth-order valence-corrected chi connectivity index (χ4v) is 21.7. The molecule has 14 aliphatic rings. The molecule has 0 aromatic carbocycles. The first-order valence-electron chi connectivity index (χ1n) is 41.8. The maximum Gasteiger partial charge on any atom is 0.335 e. The van der Waals surface area contributed by atoms with Crippen LogP contribution in [0.15, 0.2) is 73.9 Å². The summed E-state index contributed by atoms with van der Waals surface area (Å²) >= 11 is 0. The molecule has 0 aliphatic heterocycles. The molecule has 14 heteroatoms. The van der Waals surface area contributed by atoms with Crippen LogP contribution in [0.1, 0.15) is 346 Å². The minimum atomic E-state index is -0.458. The predicted molar refractivity (Wildman–Crippen MR) is 414 cm³/mol. The Kier molecular flexibility index (Phi) is 33.3. The Morgan fingerprint density at radius 1 is 0.365 bits per heavy atom. The zero-order valence-corrected chi connectivity index (χ0v) is 67.3. The highest BCUT2D eigenvalue weighted by Gasteiger charge is 2.55. The van der Waals surface area contributed by atoms with Crippen LogP contribution in [0.3, 0.4) is 0 Å².